The van der Waals surface area contributed by atoms with E-state index < -0.39 is 18.1 Å². The molecule has 0 bridgehead atoms. The van der Waals surface area contributed by atoms with Crippen molar-refractivity contribution in [3.63, 3.8) is 0 Å². The highest BCUT2D eigenvalue weighted by Crippen LogP contribution is 2.30. The van der Waals surface area contributed by atoms with Crippen LogP contribution in [0, 0.1) is 6.92 Å². The van der Waals surface area contributed by atoms with Crippen LogP contribution in [-0.2, 0) is 10.3 Å². The number of aliphatic carboxylic acids is 1. The summed E-state index contributed by atoms with van der Waals surface area (Å²) in [6.45, 7) is 8.12. The van der Waals surface area contributed by atoms with E-state index in [1.165, 1.54) is 0 Å². The summed E-state index contributed by atoms with van der Waals surface area (Å²) in [6.07, 6.45) is -0.0703. The van der Waals surface area contributed by atoms with Crippen molar-refractivity contribution in [1.29, 1.82) is 0 Å². The molecule has 0 aliphatic heterocycles. The predicted molar refractivity (Wildman–Crippen MR) is 136 cm³/mol. The summed E-state index contributed by atoms with van der Waals surface area (Å²) in [5, 5.41) is 25.9. The fraction of sp³-hybridized carbons (Fsp3) is 0.286. The van der Waals surface area contributed by atoms with Crippen LogP contribution in [0.5, 0.6) is 0 Å². The Morgan fingerprint density at radius 1 is 0.943 bits per heavy atom. The normalized spacial score (nSPS) is 13.4. The molecular weight excluding hydrogens is 438 g/mol. The highest BCUT2D eigenvalue weighted by molar-refractivity contribution is 5.68. The van der Waals surface area contributed by atoms with E-state index in [1.54, 1.807) is 4.68 Å². The van der Waals surface area contributed by atoms with Gasteiger partial charge in [0, 0.05) is 6.04 Å². The number of nitrogens with one attached hydrogen (secondary N) is 1. The van der Waals surface area contributed by atoms with Gasteiger partial charge in [-0.1, -0.05) is 84.4 Å². The van der Waals surface area contributed by atoms with E-state index in [0.717, 1.165) is 27.8 Å². The predicted octanol–water partition coefficient (Wildman–Crippen LogP) is 5.30. The van der Waals surface area contributed by atoms with E-state index >= 15 is 0 Å². The van der Waals surface area contributed by atoms with Gasteiger partial charge in [-0.3, -0.25) is 10.1 Å². The minimum absolute atomic E-state index is 0.0703. The van der Waals surface area contributed by atoms with Gasteiger partial charge in [-0.2, -0.15) is 0 Å². The quantitative estimate of drug-likeness (QED) is 0.364. The Hall–Kier alpha value is -3.84. The molecular formula is C28H31N5O2. The Bertz CT molecular complexity index is 1280. The molecule has 1 heterocycles. The molecule has 3 aromatic carbocycles. The zero-order chi connectivity index (χ0) is 25.0. The van der Waals surface area contributed by atoms with Crippen LogP contribution in [0.25, 0.3) is 11.1 Å². The number of rotatable bonds is 8. The van der Waals surface area contributed by atoms with Crippen molar-refractivity contribution >= 4 is 5.97 Å². The summed E-state index contributed by atoms with van der Waals surface area (Å²) >= 11 is 0. The number of carboxylic acids is 1. The molecule has 0 amide bonds. The Labute approximate surface area is 205 Å². The van der Waals surface area contributed by atoms with Gasteiger partial charge in [0.1, 0.15) is 0 Å². The van der Waals surface area contributed by atoms with Crippen molar-refractivity contribution in [1.82, 2.24) is 25.5 Å². The minimum Gasteiger partial charge on any atom is -0.481 e. The summed E-state index contributed by atoms with van der Waals surface area (Å²) in [7, 11) is 0. The van der Waals surface area contributed by atoms with Crippen LogP contribution in [0.1, 0.15) is 61.8 Å². The van der Waals surface area contributed by atoms with Crippen LogP contribution in [0.3, 0.4) is 0 Å². The van der Waals surface area contributed by atoms with Crippen LogP contribution >= 0.6 is 0 Å². The zero-order valence-corrected chi connectivity index (χ0v) is 20.5. The van der Waals surface area contributed by atoms with Crippen LogP contribution < -0.4 is 5.32 Å². The molecule has 4 aromatic rings. The molecule has 180 valence electrons. The summed E-state index contributed by atoms with van der Waals surface area (Å²) < 4.78 is 1.80. The molecule has 0 saturated carbocycles. The molecule has 0 spiro atoms. The molecule has 0 saturated heterocycles. The van der Waals surface area contributed by atoms with Gasteiger partial charge in [0.15, 0.2) is 5.82 Å². The van der Waals surface area contributed by atoms with Gasteiger partial charge in [0.05, 0.1) is 18.0 Å². The number of aromatic nitrogens is 4. The molecule has 7 nitrogen and oxygen atoms in total. The number of carbonyl (C=O) groups is 1. The molecule has 2 N–H and O–H groups in total. The topological polar surface area (TPSA) is 92.9 Å². The van der Waals surface area contributed by atoms with Crippen molar-refractivity contribution < 1.29 is 9.90 Å². The average Bonchev–Trinajstić information content (AvgIpc) is 3.33. The third-order valence-corrected chi connectivity index (χ3v) is 5.93. The summed E-state index contributed by atoms with van der Waals surface area (Å²) in [4.78, 5) is 11.8. The Balaban J connectivity index is 1.77. The number of tetrazole rings is 1. The molecule has 2 atom stereocenters. The van der Waals surface area contributed by atoms with E-state index in [0.29, 0.717) is 5.82 Å². The van der Waals surface area contributed by atoms with Crippen molar-refractivity contribution in [2.75, 3.05) is 0 Å². The largest absolute Gasteiger partial charge is 0.481 e. The van der Waals surface area contributed by atoms with Gasteiger partial charge in [0.25, 0.3) is 0 Å². The highest BCUT2D eigenvalue weighted by Gasteiger charge is 2.30. The molecule has 0 radical (unpaired) electrons. The molecule has 4 rings (SSSR count). The van der Waals surface area contributed by atoms with Crippen LogP contribution in [-0.4, -0.2) is 31.3 Å². The lowest BCUT2D eigenvalue weighted by molar-refractivity contribution is -0.137. The van der Waals surface area contributed by atoms with Gasteiger partial charge in [-0.15, -0.1) is 5.10 Å². The molecule has 2 unspecified atom stereocenters. The molecule has 7 heteroatoms. The van der Waals surface area contributed by atoms with E-state index in [4.69, 9.17) is 0 Å². The molecule has 0 aliphatic carbocycles. The van der Waals surface area contributed by atoms with Gasteiger partial charge >= 0.3 is 5.97 Å². The number of benzene rings is 3. The van der Waals surface area contributed by atoms with Crippen molar-refractivity contribution in [2.24, 2.45) is 0 Å². The van der Waals surface area contributed by atoms with E-state index in [2.05, 4.69) is 57.2 Å². The Morgan fingerprint density at radius 2 is 1.63 bits per heavy atom. The second kappa shape index (κ2) is 10.2. The van der Waals surface area contributed by atoms with Crippen molar-refractivity contribution in [3.8, 4) is 11.1 Å². The third kappa shape index (κ3) is 5.81. The van der Waals surface area contributed by atoms with Gasteiger partial charge in [-0.25, -0.2) is 4.68 Å². The number of carboxylic acid groups (broad SMARTS) is 1. The fourth-order valence-electron chi connectivity index (χ4n) is 4.21. The van der Waals surface area contributed by atoms with Crippen LogP contribution in [0.4, 0.5) is 0 Å². The van der Waals surface area contributed by atoms with Crippen LogP contribution in [0.2, 0.25) is 0 Å². The van der Waals surface area contributed by atoms with Gasteiger partial charge < -0.3 is 5.11 Å². The molecule has 0 aliphatic rings. The second-order valence-electron chi connectivity index (χ2n) is 9.77. The fourth-order valence-corrected chi connectivity index (χ4v) is 4.21. The number of nitrogens with zero attached hydrogens (tertiary/aromatic N) is 4. The minimum atomic E-state index is -0.877. The van der Waals surface area contributed by atoms with Crippen molar-refractivity contribution in [2.45, 2.75) is 51.7 Å². The zero-order valence-electron chi connectivity index (χ0n) is 20.5. The lowest BCUT2D eigenvalue weighted by atomic mass is 9.96. The standard InChI is InChI=1S/C28H31N5O2/c1-19-9-8-12-23(17-19)24(18-25(34)35)29-26(27-30-31-32-33(27)28(2,3)4)22-15-13-21(14-16-22)20-10-6-5-7-11-20/h5-17,24,26,29H,18H2,1-4H3,(H,34,35). The van der Waals surface area contributed by atoms with Gasteiger partial charge in [0.2, 0.25) is 0 Å². The van der Waals surface area contributed by atoms with Crippen molar-refractivity contribution in [3.05, 3.63) is 101 Å². The third-order valence-electron chi connectivity index (χ3n) is 5.93. The van der Waals surface area contributed by atoms with E-state index in [-0.39, 0.29) is 12.0 Å². The maximum absolute atomic E-state index is 11.8. The lowest BCUT2D eigenvalue weighted by Gasteiger charge is -2.28. The maximum atomic E-state index is 11.8. The molecule has 0 fully saturated rings. The second-order valence-corrected chi connectivity index (χ2v) is 9.77. The number of hydrogen-bond acceptors (Lipinski definition) is 5. The van der Waals surface area contributed by atoms with E-state index in [9.17, 15) is 9.90 Å². The Kier molecular flexibility index (Phi) is 7.07. The first-order chi connectivity index (χ1) is 16.7. The first-order valence-electron chi connectivity index (χ1n) is 11.7. The average molecular weight is 470 g/mol. The highest BCUT2D eigenvalue weighted by atomic mass is 16.4. The summed E-state index contributed by atoms with van der Waals surface area (Å²) in [5.74, 6) is -0.245. The Morgan fingerprint density at radius 3 is 2.26 bits per heavy atom. The first kappa shape index (κ1) is 24.3. The summed E-state index contributed by atoms with van der Waals surface area (Å²) in [6, 6.07) is 25.5. The SMILES string of the molecule is Cc1cccc(C(CC(=O)O)NC(c2ccc(-c3ccccc3)cc2)c2nnnn2C(C)(C)C)c1. The smallest absolute Gasteiger partial charge is 0.305 e. The first-order valence-corrected chi connectivity index (χ1v) is 11.7. The maximum Gasteiger partial charge on any atom is 0.305 e. The van der Waals surface area contributed by atoms with E-state index in [1.807, 2.05) is 70.2 Å². The number of hydrogen-bond donors (Lipinski definition) is 2. The molecule has 35 heavy (non-hydrogen) atoms. The van der Waals surface area contributed by atoms with Crippen LogP contribution in [0.15, 0.2) is 78.9 Å². The summed E-state index contributed by atoms with van der Waals surface area (Å²) in [5.41, 5.74) is 4.81. The lowest BCUT2D eigenvalue weighted by Crippen LogP contribution is -2.34. The number of aryl methyl sites for hydroxylation is 1. The monoisotopic (exact) mass is 469 g/mol. The molecule has 1 aromatic heterocycles. The van der Waals surface area contributed by atoms with Gasteiger partial charge in [-0.05, 0) is 60.4 Å².